The van der Waals surface area contributed by atoms with E-state index in [4.69, 9.17) is 0 Å². The lowest BCUT2D eigenvalue weighted by atomic mass is 10.1. The number of benzene rings is 2. The summed E-state index contributed by atoms with van der Waals surface area (Å²) in [6.07, 6.45) is 1.90. The van der Waals surface area contributed by atoms with E-state index in [9.17, 15) is 14.4 Å². The third-order valence-corrected chi connectivity index (χ3v) is 5.61. The zero-order valence-electron chi connectivity index (χ0n) is 18.0. The second-order valence-corrected chi connectivity index (χ2v) is 7.53. The molecule has 0 aliphatic rings. The van der Waals surface area contributed by atoms with Gasteiger partial charge >= 0.3 is 5.69 Å². The number of aromatic nitrogens is 2. The fourth-order valence-corrected chi connectivity index (χ4v) is 3.75. The average molecular weight is 408 g/mol. The third-order valence-electron chi connectivity index (χ3n) is 5.61. The topological polar surface area (TPSA) is 73.1 Å². The van der Waals surface area contributed by atoms with Crippen LogP contribution in [0.15, 0.2) is 58.1 Å². The van der Waals surface area contributed by atoms with Crippen molar-refractivity contribution in [1.29, 1.82) is 0 Å². The zero-order chi connectivity index (χ0) is 21.8. The molecule has 0 spiro atoms. The Morgan fingerprint density at radius 3 is 2.30 bits per heavy atom. The van der Waals surface area contributed by atoms with Crippen LogP contribution in [0.5, 0.6) is 0 Å². The smallest absolute Gasteiger partial charge is 0.336 e. The standard InChI is InChI=1S/C24H29N3O3/c1-5-16(4)25-22(28)19(7-3)26-21-15-11-9-13-18(21)23(29)27(24(26)30)20-14-10-8-12-17(20)6-2/h8-16,19H,5-7H2,1-4H3,(H,25,28)/t16-,19+/m0/s1. The third kappa shape index (κ3) is 3.82. The van der Waals surface area contributed by atoms with Gasteiger partial charge in [-0.1, -0.05) is 51.1 Å². The van der Waals surface area contributed by atoms with Crippen molar-refractivity contribution in [2.24, 2.45) is 0 Å². The number of carbonyl (C=O) groups is 1. The summed E-state index contributed by atoms with van der Waals surface area (Å²) in [5.74, 6) is -0.215. The number of aryl methyl sites for hydroxylation is 1. The van der Waals surface area contributed by atoms with Crippen LogP contribution < -0.4 is 16.6 Å². The second-order valence-electron chi connectivity index (χ2n) is 7.53. The van der Waals surface area contributed by atoms with Crippen LogP contribution in [0.1, 0.15) is 52.1 Å². The van der Waals surface area contributed by atoms with E-state index < -0.39 is 11.7 Å². The molecule has 2 atom stereocenters. The number of nitrogens with one attached hydrogen (secondary N) is 1. The maximum absolute atomic E-state index is 13.7. The molecule has 0 bridgehead atoms. The highest BCUT2D eigenvalue weighted by Crippen LogP contribution is 2.19. The van der Waals surface area contributed by atoms with Crippen LogP contribution in [0, 0.1) is 0 Å². The van der Waals surface area contributed by atoms with Crippen molar-refractivity contribution in [2.75, 3.05) is 0 Å². The number of rotatable bonds is 7. The monoisotopic (exact) mass is 407 g/mol. The lowest BCUT2D eigenvalue weighted by Gasteiger charge is -2.23. The average Bonchev–Trinajstić information content (AvgIpc) is 2.76. The van der Waals surface area contributed by atoms with E-state index in [1.54, 1.807) is 30.3 Å². The highest BCUT2D eigenvalue weighted by atomic mass is 16.2. The van der Waals surface area contributed by atoms with Crippen molar-refractivity contribution in [3.63, 3.8) is 0 Å². The lowest BCUT2D eigenvalue weighted by molar-refractivity contribution is -0.125. The van der Waals surface area contributed by atoms with Crippen molar-refractivity contribution in [3.05, 3.63) is 74.9 Å². The molecular formula is C24H29N3O3. The Hall–Kier alpha value is -3.15. The highest BCUT2D eigenvalue weighted by molar-refractivity contribution is 5.84. The Morgan fingerprint density at radius 1 is 0.967 bits per heavy atom. The van der Waals surface area contributed by atoms with Crippen molar-refractivity contribution < 1.29 is 4.79 Å². The fourth-order valence-electron chi connectivity index (χ4n) is 3.75. The van der Waals surface area contributed by atoms with Gasteiger partial charge in [0.05, 0.1) is 16.6 Å². The number of fused-ring (bicyclic) bond motifs is 1. The first-order valence-corrected chi connectivity index (χ1v) is 10.6. The summed E-state index contributed by atoms with van der Waals surface area (Å²) in [6, 6.07) is 13.7. The van der Waals surface area contributed by atoms with Gasteiger partial charge in [-0.3, -0.25) is 14.2 Å². The summed E-state index contributed by atoms with van der Waals surface area (Å²) in [6.45, 7) is 7.79. The first-order chi connectivity index (χ1) is 14.4. The normalized spacial score (nSPS) is 13.2. The molecule has 3 rings (SSSR count). The van der Waals surface area contributed by atoms with Gasteiger partial charge in [0.1, 0.15) is 6.04 Å². The Kier molecular flexibility index (Phi) is 6.55. The highest BCUT2D eigenvalue weighted by Gasteiger charge is 2.26. The number of amides is 1. The molecule has 0 saturated carbocycles. The molecule has 3 aromatic rings. The van der Waals surface area contributed by atoms with Gasteiger partial charge in [0.2, 0.25) is 5.91 Å². The van der Waals surface area contributed by atoms with Crippen LogP contribution >= 0.6 is 0 Å². The molecule has 0 radical (unpaired) electrons. The van der Waals surface area contributed by atoms with Crippen LogP contribution in [0.2, 0.25) is 0 Å². The Balaban J connectivity index is 2.36. The summed E-state index contributed by atoms with van der Waals surface area (Å²) in [5.41, 5.74) is 1.07. The minimum absolute atomic E-state index is 0.000221. The van der Waals surface area contributed by atoms with Gasteiger partial charge in [-0.2, -0.15) is 0 Å². The van der Waals surface area contributed by atoms with E-state index in [2.05, 4.69) is 5.32 Å². The van der Waals surface area contributed by atoms with Crippen LogP contribution in [0.4, 0.5) is 0 Å². The molecule has 0 unspecified atom stereocenters. The Bertz CT molecular complexity index is 1180. The Morgan fingerprint density at radius 2 is 1.63 bits per heavy atom. The molecule has 0 aliphatic carbocycles. The predicted molar refractivity (Wildman–Crippen MR) is 120 cm³/mol. The van der Waals surface area contributed by atoms with Crippen LogP contribution in [0.3, 0.4) is 0 Å². The van der Waals surface area contributed by atoms with E-state index in [0.717, 1.165) is 12.0 Å². The number of hydrogen-bond acceptors (Lipinski definition) is 3. The van der Waals surface area contributed by atoms with E-state index in [0.29, 0.717) is 29.4 Å². The minimum atomic E-state index is -0.711. The summed E-state index contributed by atoms with van der Waals surface area (Å²) < 4.78 is 2.68. The number of hydrogen-bond donors (Lipinski definition) is 1. The molecule has 2 aromatic carbocycles. The molecule has 1 heterocycles. The molecule has 6 heteroatoms. The molecule has 0 fully saturated rings. The van der Waals surface area contributed by atoms with Crippen molar-refractivity contribution in [1.82, 2.24) is 14.5 Å². The summed E-state index contributed by atoms with van der Waals surface area (Å²) in [4.78, 5) is 40.0. The maximum Gasteiger partial charge on any atom is 0.336 e. The van der Waals surface area contributed by atoms with Crippen LogP contribution in [-0.4, -0.2) is 21.1 Å². The van der Waals surface area contributed by atoms with Crippen molar-refractivity contribution in [2.45, 2.75) is 59.0 Å². The molecule has 1 amide bonds. The maximum atomic E-state index is 13.7. The van der Waals surface area contributed by atoms with Gasteiger partial charge in [-0.05, 0) is 49.9 Å². The first-order valence-electron chi connectivity index (χ1n) is 10.6. The van der Waals surface area contributed by atoms with Crippen molar-refractivity contribution >= 4 is 16.8 Å². The molecule has 30 heavy (non-hydrogen) atoms. The molecular weight excluding hydrogens is 378 g/mol. The minimum Gasteiger partial charge on any atom is -0.352 e. The van der Waals surface area contributed by atoms with E-state index >= 15 is 0 Å². The van der Waals surface area contributed by atoms with Gasteiger partial charge in [0, 0.05) is 6.04 Å². The van der Waals surface area contributed by atoms with Gasteiger partial charge in [0.15, 0.2) is 0 Å². The second kappa shape index (κ2) is 9.11. The molecule has 0 aliphatic heterocycles. The first kappa shape index (κ1) is 21.6. The molecule has 6 nitrogen and oxygen atoms in total. The van der Waals surface area contributed by atoms with Crippen LogP contribution in [0.25, 0.3) is 16.6 Å². The largest absolute Gasteiger partial charge is 0.352 e. The van der Waals surface area contributed by atoms with E-state index in [1.165, 1.54) is 9.13 Å². The zero-order valence-corrected chi connectivity index (χ0v) is 18.0. The van der Waals surface area contributed by atoms with Crippen molar-refractivity contribution in [3.8, 4) is 5.69 Å². The molecule has 0 saturated heterocycles. The number of nitrogens with zero attached hydrogens (tertiary/aromatic N) is 2. The summed E-state index contributed by atoms with van der Waals surface area (Å²) in [7, 11) is 0. The van der Waals surface area contributed by atoms with E-state index in [-0.39, 0.29) is 17.5 Å². The molecule has 158 valence electrons. The quantitative estimate of drug-likeness (QED) is 0.651. The summed E-state index contributed by atoms with van der Waals surface area (Å²) in [5, 5.41) is 3.40. The van der Waals surface area contributed by atoms with E-state index in [1.807, 2.05) is 45.9 Å². The molecule has 1 aromatic heterocycles. The predicted octanol–water partition coefficient (Wildman–Crippen LogP) is 3.58. The van der Waals surface area contributed by atoms with Gasteiger partial charge in [-0.15, -0.1) is 0 Å². The fraction of sp³-hybridized carbons (Fsp3) is 0.375. The van der Waals surface area contributed by atoms with Gasteiger partial charge in [-0.25, -0.2) is 9.36 Å². The molecule has 1 N–H and O–H groups in total. The van der Waals surface area contributed by atoms with Crippen LogP contribution in [-0.2, 0) is 11.2 Å². The lowest BCUT2D eigenvalue weighted by Crippen LogP contribution is -2.46. The SMILES string of the molecule is CCc1ccccc1-n1c(=O)c2ccccc2n([C@H](CC)C(=O)N[C@@H](C)CC)c1=O. The summed E-state index contributed by atoms with van der Waals surface area (Å²) >= 11 is 0. The Labute approximate surface area is 176 Å². The van der Waals surface area contributed by atoms with Gasteiger partial charge in [0.25, 0.3) is 5.56 Å². The number of para-hydroxylation sites is 2. The number of carbonyl (C=O) groups excluding carboxylic acids is 1. The van der Waals surface area contributed by atoms with Gasteiger partial charge < -0.3 is 5.32 Å².